The van der Waals surface area contributed by atoms with E-state index in [4.69, 9.17) is 0 Å². The molecule has 0 spiro atoms. The number of anilines is 1. The predicted molar refractivity (Wildman–Crippen MR) is 86.4 cm³/mol. The van der Waals surface area contributed by atoms with Crippen LogP contribution < -0.4 is 5.32 Å². The topological polar surface area (TPSA) is 41.5 Å². The Morgan fingerprint density at radius 3 is 3.05 bits per heavy atom. The molecule has 1 heterocycles. The molecule has 1 aliphatic rings. The number of benzene rings is 1. The lowest BCUT2D eigenvalue weighted by Gasteiger charge is -2.09. The highest BCUT2D eigenvalue weighted by molar-refractivity contribution is 8.39. The summed E-state index contributed by atoms with van der Waals surface area (Å²) in [4.78, 5) is 16.2. The van der Waals surface area contributed by atoms with Crippen molar-refractivity contribution in [3.63, 3.8) is 0 Å². The number of hydrogen-bond acceptors (Lipinski definition) is 4. The van der Waals surface area contributed by atoms with Gasteiger partial charge in [0.25, 0.3) is 0 Å². The molecule has 0 unspecified atom stereocenters. The largest absolute Gasteiger partial charge is 0.326 e. The summed E-state index contributed by atoms with van der Waals surface area (Å²) in [5.41, 5.74) is 3.18. The lowest BCUT2D eigenvalue weighted by atomic mass is 10.1. The van der Waals surface area contributed by atoms with Crippen LogP contribution in [-0.2, 0) is 4.79 Å². The molecule has 1 aromatic rings. The van der Waals surface area contributed by atoms with Crippen molar-refractivity contribution in [2.75, 3.05) is 23.4 Å². The number of carbonyl (C=O) groups is 1. The second-order valence-electron chi connectivity index (χ2n) is 4.46. The van der Waals surface area contributed by atoms with Crippen molar-refractivity contribution in [1.82, 2.24) is 0 Å². The summed E-state index contributed by atoms with van der Waals surface area (Å²) in [6.07, 6.45) is 0.525. The van der Waals surface area contributed by atoms with Gasteiger partial charge in [-0.1, -0.05) is 35.7 Å². The zero-order valence-corrected chi connectivity index (χ0v) is 12.9. The van der Waals surface area contributed by atoms with Gasteiger partial charge in [0.05, 0.1) is 6.54 Å². The Bertz CT molecular complexity index is 500. The van der Waals surface area contributed by atoms with E-state index in [2.05, 4.69) is 16.4 Å². The number of thioether (sulfide) groups is 2. The van der Waals surface area contributed by atoms with Crippen molar-refractivity contribution < 1.29 is 4.79 Å². The molecule has 0 fully saturated rings. The summed E-state index contributed by atoms with van der Waals surface area (Å²) in [5, 5.41) is 2.98. The minimum Gasteiger partial charge on any atom is -0.326 e. The zero-order chi connectivity index (χ0) is 13.7. The van der Waals surface area contributed by atoms with Gasteiger partial charge in [-0.05, 0) is 31.0 Å². The fraction of sp³-hybridized carbons (Fsp3) is 0.429. The molecule has 1 aromatic carbocycles. The first-order valence-electron chi connectivity index (χ1n) is 6.32. The summed E-state index contributed by atoms with van der Waals surface area (Å²) in [5.74, 6) is 1.95. The van der Waals surface area contributed by atoms with E-state index in [9.17, 15) is 4.79 Å². The van der Waals surface area contributed by atoms with Crippen LogP contribution in [0.2, 0.25) is 0 Å². The van der Waals surface area contributed by atoms with Crippen molar-refractivity contribution >= 4 is 39.5 Å². The molecule has 0 atom stereocenters. The minimum atomic E-state index is 0.0739. The van der Waals surface area contributed by atoms with Crippen LogP contribution in [0.4, 0.5) is 5.69 Å². The molecule has 3 nitrogen and oxygen atoms in total. The van der Waals surface area contributed by atoms with Crippen LogP contribution in [0.1, 0.15) is 17.5 Å². The van der Waals surface area contributed by atoms with Gasteiger partial charge < -0.3 is 5.32 Å². The van der Waals surface area contributed by atoms with Crippen LogP contribution in [0, 0.1) is 13.8 Å². The summed E-state index contributed by atoms with van der Waals surface area (Å²) < 4.78 is 1.12. The maximum absolute atomic E-state index is 11.9. The van der Waals surface area contributed by atoms with Gasteiger partial charge in [-0.3, -0.25) is 9.79 Å². The number of nitrogens with zero attached hydrogens (tertiary/aromatic N) is 1. The molecule has 1 aliphatic heterocycles. The zero-order valence-electron chi connectivity index (χ0n) is 11.2. The minimum absolute atomic E-state index is 0.0739. The Balaban J connectivity index is 1.78. The number of carbonyl (C=O) groups excluding carboxylic acids is 1. The van der Waals surface area contributed by atoms with Gasteiger partial charge in [-0.25, -0.2) is 0 Å². The quantitative estimate of drug-likeness (QED) is 0.924. The third kappa shape index (κ3) is 4.58. The highest BCUT2D eigenvalue weighted by Gasteiger charge is 2.09. The average Bonchev–Trinajstić information content (AvgIpc) is 2.87. The number of aliphatic imine (C=N–C) groups is 1. The van der Waals surface area contributed by atoms with Gasteiger partial charge in [0.2, 0.25) is 5.91 Å². The molecule has 102 valence electrons. The molecule has 2 rings (SSSR count). The van der Waals surface area contributed by atoms with Crippen LogP contribution in [0.25, 0.3) is 0 Å². The molecule has 0 saturated heterocycles. The summed E-state index contributed by atoms with van der Waals surface area (Å²) in [7, 11) is 0. The van der Waals surface area contributed by atoms with Crippen LogP contribution >= 0.6 is 23.5 Å². The smallest absolute Gasteiger partial charge is 0.225 e. The Labute approximate surface area is 122 Å². The van der Waals surface area contributed by atoms with E-state index in [0.717, 1.165) is 39.2 Å². The molecule has 0 bridgehead atoms. The maximum atomic E-state index is 11.9. The third-order valence-electron chi connectivity index (χ3n) is 2.78. The summed E-state index contributed by atoms with van der Waals surface area (Å²) in [6, 6.07) is 6.09. The molecule has 19 heavy (non-hydrogen) atoms. The van der Waals surface area contributed by atoms with Crippen molar-refractivity contribution in [2.24, 2.45) is 4.99 Å². The van der Waals surface area contributed by atoms with Gasteiger partial charge in [-0.15, -0.1) is 0 Å². The number of nitrogens with one attached hydrogen (secondary N) is 1. The van der Waals surface area contributed by atoms with Gasteiger partial charge in [0.1, 0.15) is 4.38 Å². The number of aryl methyl sites for hydroxylation is 2. The SMILES string of the molecule is Cc1ccc(C)c(NC(=O)CCSC2=NCCS2)c1. The van der Waals surface area contributed by atoms with Crippen LogP contribution in [0.15, 0.2) is 23.2 Å². The van der Waals surface area contributed by atoms with E-state index in [1.807, 2.05) is 26.0 Å². The van der Waals surface area contributed by atoms with Gasteiger partial charge in [0.15, 0.2) is 0 Å². The summed E-state index contributed by atoms with van der Waals surface area (Å²) >= 11 is 3.47. The number of hydrogen-bond donors (Lipinski definition) is 1. The highest BCUT2D eigenvalue weighted by Crippen LogP contribution is 2.23. The normalized spacial score (nSPS) is 14.3. The first-order chi connectivity index (χ1) is 9.15. The fourth-order valence-corrected chi connectivity index (χ4v) is 3.73. The van der Waals surface area contributed by atoms with Crippen molar-refractivity contribution in [1.29, 1.82) is 0 Å². The van der Waals surface area contributed by atoms with Crippen LogP contribution in [0.5, 0.6) is 0 Å². The fourth-order valence-electron chi connectivity index (χ4n) is 1.72. The molecule has 5 heteroatoms. The van der Waals surface area contributed by atoms with Crippen LogP contribution in [-0.4, -0.2) is 28.3 Å². The number of rotatable bonds is 4. The van der Waals surface area contributed by atoms with E-state index >= 15 is 0 Å². The highest BCUT2D eigenvalue weighted by atomic mass is 32.2. The Hall–Kier alpha value is -0.940. The van der Waals surface area contributed by atoms with Crippen LogP contribution in [0.3, 0.4) is 0 Å². The first-order valence-corrected chi connectivity index (χ1v) is 8.29. The molecule has 0 saturated carbocycles. The Kier molecular flexibility index (Phi) is 5.34. The molecule has 0 aliphatic carbocycles. The summed E-state index contributed by atoms with van der Waals surface area (Å²) in [6.45, 7) is 4.95. The monoisotopic (exact) mass is 294 g/mol. The molecule has 1 N–H and O–H groups in total. The molecule has 1 amide bonds. The van der Waals surface area contributed by atoms with E-state index < -0.39 is 0 Å². The van der Waals surface area contributed by atoms with E-state index in [1.54, 1.807) is 23.5 Å². The van der Waals surface area contributed by atoms with Crippen molar-refractivity contribution in [3.05, 3.63) is 29.3 Å². The standard InChI is InChI=1S/C14H18N2OS2/c1-10-3-4-11(2)12(9-10)16-13(17)5-7-18-14-15-6-8-19-14/h3-4,9H,5-8H2,1-2H3,(H,16,17). The molecular weight excluding hydrogens is 276 g/mol. The predicted octanol–water partition coefficient (Wildman–Crippen LogP) is 3.47. The van der Waals surface area contributed by atoms with E-state index in [-0.39, 0.29) is 5.91 Å². The van der Waals surface area contributed by atoms with E-state index in [1.165, 1.54) is 0 Å². The maximum Gasteiger partial charge on any atom is 0.225 e. The van der Waals surface area contributed by atoms with Gasteiger partial charge >= 0.3 is 0 Å². The lowest BCUT2D eigenvalue weighted by molar-refractivity contribution is -0.115. The van der Waals surface area contributed by atoms with Crippen molar-refractivity contribution in [3.8, 4) is 0 Å². The van der Waals surface area contributed by atoms with E-state index in [0.29, 0.717) is 6.42 Å². The first kappa shape index (κ1) is 14.5. The second kappa shape index (κ2) is 7.01. The Morgan fingerprint density at radius 2 is 2.32 bits per heavy atom. The number of amides is 1. The Morgan fingerprint density at radius 1 is 1.47 bits per heavy atom. The molecule has 0 radical (unpaired) electrons. The molecular formula is C14H18N2OS2. The van der Waals surface area contributed by atoms with Crippen molar-refractivity contribution in [2.45, 2.75) is 20.3 Å². The van der Waals surface area contributed by atoms with Gasteiger partial charge in [0, 0.05) is 23.6 Å². The average molecular weight is 294 g/mol. The molecule has 0 aromatic heterocycles. The lowest BCUT2D eigenvalue weighted by Crippen LogP contribution is -2.13. The third-order valence-corrected chi connectivity index (χ3v) is 5.03. The van der Waals surface area contributed by atoms with Gasteiger partial charge in [-0.2, -0.15) is 0 Å². The second-order valence-corrected chi connectivity index (χ2v) is 6.89.